The van der Waals surface area contributed by atoms with E-state index in [9.17, 15) is 9.90 Å². The SMILES string of the molecule is CCC(CC)CNC(=O)c1cccc(O)c1. The molecule has 88 valence electrons. The normalized spacial score (nSPS) is 10.4. The number of carbonyl (C=O) groups excluding carboxylic acids is 1. The molecule has 16 heavy (non-hydrogen) atoms. The van der Waals surface area contributed by atoms with E-state index >= 15 is 0 Å². The predicted molar refractivity (Wildman–Crippen MR) is 64.5 cm³/mol. The number of rotatable bonds is 5. The zero-order valence-electron chi connectivity index (χ0n) is 9.86. The van der Waals surface area contributed by atoms with Gasteiger partial charge < -0.3 is 10.4 Å². The Morgan fingerprint density at radius 1 is 1.38 bits per heavy atom. The number of hydrogen-bond acceptors (Lipinski definition) is 2. The van der Waals surface area contributed by atoms with Crippen molar-refractivity contribution in [1.82, 2.24) is 5.32 Å². The summed E-state index contributed by atoms with van der Waals surface area (Å²) < 4.78 is 0. The lowest BCUT2D eigenvalue weighted by Crippen LogP contribution is -2.28. The van der Waals surface area contributed by atoms with Crippen LogP contribution in [0.25, 0.3) is 0 Å². The van der Waals surface area contributed by atoms with Gasteiger partial charge in [0.05, 0.1) is 0 Å². The maximum Gasteiger partial charge on any atom is 0.251 e. The lowest BCUT2D eigenvalue weighted by Gasteiger charge is -2.13. The summed E-state index contributed by atoms with van der Waals surface area (Å²) in [6.45, 7) is 4.94. The summed E-state index contributed by atoms with van der Waals surface area (Å²) in [5, 5.41) is 12.1. The zero-order valence-corrected chi connectivity index (χ0v) is 9.86. The molecule has 1 aromatic rings. The van der Waals surface area contributed by atoms with Crippen molar-refractivity contribution in [1.29, 1.82) is 0 Å². The van der Waals surface area contributed by atoms with Crippen LogP contribution in [0.3, 0.4) is 0 Å². The molecule has 1 amide bonds. The Morgan fingerprint density at radius 2 is 2.06 bits per heavy atom. The Labute approximate surface area is 96.5 Å². The van der Waals surface area contributed by atoms with Crippen LogP contribution in [0, 0.1) is 5.92 Å². The first-order valence-corrected chi connectivity index (χ1v) is 5.74. The number of carbonyl (C=O) groups is 1. The van der Waals surface area contributed by atoms with E-state index in [1.807, 2.05) is 0 Å². The Hall–Kier alpha value is -1.51. The zero-order chi connectivity index (χ0) is 12.0. The van der Waals surface area contributed by atoms with Crippen molar-refractivity contribution in [2.24, 2.45) is 5.92 Å². The molecule has 1 aromatic carbocycles. The van der Waals surface area contributed by atoms with Gasteiger partial charge in [-0.3, -0.25) is 4.79 Å². The molecule has 0 fully saturated rings. The number of phenolic OH excluding ortho intramolecular Hbond substituents is 1. The quantitative estimate of drug-likeness (QED) is 0.802. The van der Waals surface area contributed by atoms with Gasteiger partial charge in [0, 0.05) is 12.1 Å². The molecule has 0 bridgehead atoms. The Morgan fingerprint density at radius 3 is 2.62 bits per heavy atom. The molecular weight excluding hydrogens is 202 g/mol. The molecule has 3 heteroatoms. The van der Waals surface area contributed by atoms with Crippen LogP contribution >= 0.6 is 0 Å². The molecule has 0 unspecified atom stereocenters. The summed E-state index contributed by atoms with van der Waals surface area (Å²) in [5.41, 5.74) is 0.506. The van der Waals surface area contributed by atoms with Crippen LogP contribution < -0.4 is 5.32 Å². The third-order valence-corrected chi connectivity index (χ3v) is 2.81. The lowest BCUT2D eigenvalue weighted by molar-refractivity contribution is 0.0946. The molecule has 0 saturated heterocycles. The fourth-order valence-corrected chi connectivity index (χ4v) is 1.56. The Kier molecular flexibility index (Phi) is 4.83. The molecule has 0 aliphatic carbocycles. The van der Waals surface area contributed by atoms with Gasteiger partial charge in [-0.2, -0.15) is 0 Å². The van der Waals surface area contributed by atoms with Crippen LogP contribution in [-0.2, 0) is 0 Å². The monoisotopic (exact) mass is 221 g/mol. The molecule has 0 saturated carbocycles. The van der Waals surface area contributed by atoms with Crippen molar-refractivity contribution in [3.05, 3.63) is 29.8 Å². The molecule has 3 nitrogen and oxygen atoms in total. The smallest absolute Gasteiger partial charge is 0.251 e. The van der Waals surface area contributed by atoms with Crippen LogP contribution in [-0.4, -0.2) is 17.6 Å². The molecule has 0 aliphatic rings. The van der Waals surface area contributed by atoms with Gasteiger partial charge in [0.25, 0.3) is 5.91 Å². The first-order chi connectivity index (χ1) is 7.67. The third kappa shape index (κ3) is 3.57. The van der Waals surface area contributed by atoms with Crippen LogP contribution in [0.15, 0.2) is 24.3 Å². The van der Waals surface area contributed by atoms with Crippen molar-refractivity contribution in [2.45, 2.75) is 26.7 Å². The van der Waals surface area contributed by atoms with E-state index in [2.05, 4.69) is 19.2 Å². The lowest BCUT2D eigenvalue weighted by atomic mass is 10.0. The highest BCUT2D eigenvalue weighted by Gasteiger charge is 2.08. The first kappa shape index (κ1) is 12.6. The molecule has 1 rings (SSSR count). The number of phenols is 1. The van der Waals surface area contributed by atoms with E-state index in [4.69, 9.17) is 0 Å². The van der Waals surface area contributed by atoms with Crippen LogP contribution in [0.1, 0.15) is 37.0 Å². The van der Waals surface area contributed by atoms with Gasteiger partial charge in [0.1, 0.15) is 5.75 Å². The van der Waals surface area contributed by atoms with E-state index in [0.29, 0.717) is 18.0 Å². The van der Waals surface area contributed by atoms with Crippen molar-refractivity contribution in [3.8, 4) is 5.75 Å². The Bertz CT molecular complexity index is 346. The number of nitrogens with one attached hydrogen (secondary N) is 1. The summed E-state index contributed by atoms with van der Waals surface area (Å²) in [6.07, 6.45) is 2.13. The molecule has 0 aliphatic heterocycles. The topological polar surface area (TPSA) is 49.3 Å². The highest BCUT2D eigenvalue weighted by atomic mass is 16.3. The van der Waals surface area contributed by atoms with Gasteiger partial charge in [-0.1, -0.05) is 32.8 Å². The van der Waals surface area contributed by atoms with E-state index < -0.39 is 0 Å². The van der Waals surface area contributed by atoms with Gasteiger partial charge in [-0.05, 0) is 24.1 Å². The first-order valence-electron chi connectivity index (χ1n) is 5.74. The molecule has 0 atom stereocenters. The maximum absolute atomic E-state index is 11.7. The fourth-order valence-electron chi connectivity index (χ4n) is 1.56. The van der Waals surface area contributed by atoms with Crippen LogP contribution in [0.5, 0.6) is 5.75 Å². The summed E-state index contributed by atoms with van der Waals surface area (Å²) in [4.78, 5) is 11.7. The molecule has 0 spiro atoms. The Balaban J connectivity index is 2.52. The summed E-state index contributed by atoms with van der Waals surface area (Å²) in [5.74, 6) is 0.527. The van der Waals surface area contributed by atoms with Crippen molar-refractivity contribution in [3.63, 3.8) is 0 Å². The minimum atomic E-state index is -0.122. The van der Waals surface area contributed by atoms with E-state index in [1.54, 1.807) is 18.2 Å². The molecule has 2 N–H and O–H groups in total. The molecule has 0 radical (unpaired) electrons. The average molecular weight is 221 g/mol. The minimum absolute atomic E-state index is 0.121. The predicted octanol–water partition coefficient (Wildman–Crippen LogP) is 2.56. The van der Waals surface area contributed by atoms with E-state index in [-0.39, 0.29) is 11.7 Å². The van der Waals surface area contributed by atoms with Crippen LogP contribution in [0.2, 0.25) is 0 Å². The van der Waals surface area contributed by atoms with Gasteiger partial charge in [-0.15, -0.1) is 0 Å². The average Bonchev–Trinajstić information content (AvgIpc) is 2.30. The number of amides is 1. The third-order valence-electron chi connectivity index (χ3n) is 2.81. The largest absolute Gasteiger partial charge is 0.508 e. The number of benzene rings is 1. The van der Waals surface area contributed by atoms with Gasteiger partial charge in [-0.25, -0.2) is 0 Å². The number of aromatic hydroxyl groups is 1. The minimum Gasteiger partial charge on any atom is -0.508 e. The van der Waals surface area contributed by atoms with Gasteiger partial charge in [0.15, 0.2) is 0 Å². The molecular formula is C13H19NO2. The standard InChI is InChI=1S/C13H19NO2/c1-3-10(4-2)9-14-13(16)11-6-5-7-12(15)8-11/h5-8,10,15H,3-4,9H2,1-2H3,(H,14,16). The van der Waals surface area contributed by atoms with E-state index in [0.717, 1.165) is 12.8 Å². The van der Waals surface area contributed by atoms with E-state index in [1.165, 1.54) is 6.07 Å². The maximum atomic E-state index is 11.7. The fraction of sp³-hybridized carbons (Fsp3) is 0.462. The van der Waals surface area contributed by atoms with Gasteiger partial charge in [0.2, 0.25) is 0 Å². The second-order valence-corrected chi connectivity index (χ2v) is 3.94. The second kappa shape index (κ2) is 6.16. The van der Waals surface area contributed by atoms with Crippen molar-refractivity contribution in [2.75, 3.05) is 6.54 Å². The molecule has 0 aromatic heterocycles. The molecule has 0 heterocycles. The summed E-state index contributed by atoms with van der Waals surface area (Å²) in [6, 6.07) is 6.39. The van der Waals surface area contributed by atoms with Gasteiger partial charge >= 0.3 is 0 Å². The van der Waals surface area contributed by atoms with Crippen molar-refractivity contribution < 1.29 is 9.90 Å². The van der Waals surface area contributed by atoms with Crippen molar-refractivity contribution >= 4 is 5.91 Å². The number of hydrogen-bond donors (Lipinski definition) is 2. The summed E-state index contributed by atoms with van der Waals surface area (Å²) in [7, 11) is 0. The van der Waals surface area contributed by atoms with Crippen LogP contribution in [0.4, 0.5) is 0 Å². The summed E-state index contributed by atoms with van der Waals surface area (Å²) >= 11 is 0. The second-order valence-electron chi connectivity index (χ2n) is 3.94. The highest BCUT2D eigenvalue weighted by Crippen LogP contribution is 2.11. The highest BCUT2D eigenvalue weighted by molar-refractivity contribution is 5.94.